The smallest absolute Gasteiger partial charge is 0.335 e. The van der Waals surface area contributed by atoms with Gasteiger partial charge in [-0.05, 0) is 24.3 Å². The van der Waals surface area contributed by atoms with Gasteiger partial charge in [-0.2, -0.15) is 0 Å². The molecule has 0 unspecified atom stereocenters. The summed E-state index contributed by atoms with van der Waals surface area (Å²) in [6, 6.07) is 14.0. The van der Waals surface area contributed by atoms with Gasteiger partial charge in [-0.3, -0.25) is 0 Å². The topological polar surface area (TPSA) is 50.4 Å². The summed E-state index contributed by atoms with van der Waals surface area (Å²) in [4.78, 5) is 11.0. The Morgan fingerprint density at radius 2 is 1.89 bits per heavy atom. The van der Waals surface area contributed by atoms with Crippen LogP contribution in [0.3, 0.4) is 0 Å². The molecule has 0 fully saturated rings. The second-order valence-electron chi connectivity index (χ2n) is 4.15. The van der Waals surface area contributed by atoms with Crippen LogP contribution in [0.25, 0.3) is 22.3 Å². The molecule has 19 heavy (non-hydrogen) atoms. The van der Waals surface area contributed by atoms with Gasteiger partial charge in [0.15, 0.2) is 5.58 Å². The lowest BCUT2D eigenvalue weighted by Gasteiger charge is -1.98. The van der Waals surface area contributed by atoms with E-state index in [1.807, 2.05) is 18.2 Å². The first-order valence-corrected chi connectivity index (χ1v) is 6.05. The zero-order chi connectivity index (χ0) is 13.4. The molecule has 0 aliphatic heterocycles. The summed E-state index contributed by atoms with van der Waals surface area (Å²) in [5, 5.41) is 10.4. The van der Waals surface area contributed by atoms with E-state index in [1.54, 1.807) is 30.3 Å². The lowest BCUT2D eigenvalue weighted by molar-refractivity contribution is 0.0697. The van der Waals surface area contributed by atoms with Crippen LogP contribution in [-0.2, 0) is 0 Å². The number of carboxylic acids is 1. The minimum absolute atomic E-state index is 0.226. The molecule has 94 valence electrons. The molecule has 0 spiro atoms. The number of carbonyl (C=O) groups is 1. The maximum Gasteiger partial charge on any atom is 0.335 e. The Balaban J connectivity index is 2.16. The van der Waals surface area contributed by atoms with E-state index < -0.39 is 5.97 Å². The molecule has 1 heterocycles. The van der Waals surface area contributed by atoms with Gasteiger partial charge in [-0.15, -0.1) is 0 Å². The highest BCUT2D eigenvalue weighted by Crippen LogP contribution is 2.32. The largest absolute Gasteiger partial charge is 0.478 e. The highest BCUT2D eigenvalue weighted by atomic mass is 35.5. The normalized spacial score (nSPS) is 10.8. The second-order valence-corrected chi connectivity index (χ2v) is 4.56. The Morgan fingerprint density at radius 1 is 1.11 bits per heavy atom. The molecule has 3 nitrogen and oxygen atoms in total. The molecule has 4 heteroatoms. The molecule has 3 rings (SSSR count). The zero-order valence-corrected chi connectivity index (χ0v) is 10.5. The van der Waals surface area contributed by atoms with Crippen molar-refractivity contribution in [3.63, 3.8) is 0 Å². The highest BCUT2D eigenvalue weighted by molar-refractivity contribution is 6.34. The van der Waals surface area contributed by atoms with Crippen LogP contribution < -0.4 is 0 Å². The van der Waals surface area contributed by atoms with Crippen molar-refractivity contribution < 1.29 is 14.3 Å². The average Bonchev–Trinajstić information content (AvgIpc) is 2.84. The zero-order valence-electron chi connectivity index (χ0n) is 9.76. The molecule has 0 saturated heterocycles. The summed E-state index contributed by atoms with van der Waals surface area (Å²) in [7, 11) is 0. The van der Waals surface area contributed by atoms with E-state index in [0.29, 0.717) is 21.9 Å². The quantitative estimate of drug-likeness (QED) is 0.750. The van der Waals surface area contributed by atoms with Crippen LogP contribution >= 0.6 is 11.6 Å². The Morgan fingerprint density at radius 3 is 2.63 bits per heavy atom. The first-order chi connectivity index (χ1) is 9.15. The van der Waals surface area contributed by atoms with Crippen LogP contribution in [0.5, 0.6) is 0 Å². The monoisotopic (exact) mass is 272 g/mol. The molecular formula is C15H9ClO3. The molecule has 3 aromatic rings. The first kappa shape index (κ1) is 11.8. The predicted octanol–water partition coefficient (Wildman–Crippen LogP) is 4.45. The van der Waals surface area contributed by atoms with Gasteiger partial charge in [0.25, 0.3) is 0 Å². The van der Waals surface area contributed by atoms with Crippen molar-refractivity contribution in [1.82, 2.24) is 0 Å². The van der Waals surface area contributed by atoms with Crippen molar-refractivity contribution in [2.75, 3.05) is 0 Å². The molecular weight excluding hydrogens is 264 g/mol. The van der Waals surface area contributed by atoms with Gasteiger partial charge in [-0.1, -0.05) is 35.9 Å². The van der Waals surface area contributed by atoms with Gasteiger partial charge in [-0.25, -0.2) is 4.79 Å². The van der Waals surface area contributed by atoms with Crippen LogP contribution in [0.2, 0.25) is 5.02 Å². The summed E-state index contributed by atoms with van der Waals surface area (Å²) in [6.45, 7) is 0. The number of para-hydroxylation sites is 1. The van der Waals surface area contributed by atoms with Crippen molar-refractivity contribution in [3.8, 4) is 11.3 Å². The number of benzene rings is 2. The fourth-order valence-electron chi connectivity index (χ4n) is 1.98. The summed E-state index contributed by atoms with van der Waals surface area (Å²) < 4.78 is 5.69. The van der Waals surface area contributed by atoms with E-state index >= 15 is 0 Å². The van der Waals surface area contributed by atoms with Gasteiger partial charge in [0.1, 0.15) is 5.76 Å². The van der Waals surface area contributed by atoms with Crippen LogP contribution in [0.1, 0.15) is 10.4 Å². The van der Waals surface area contributed by atoms with E-state index in [2.05, 4.69) is 0 Å². The van der Waals surface area contributed by atoms with Crippen LogP contribution in [0.4, 0.5) is 0 Å². The predicted molar refractivity (Wildman–Crippen MR) is 73.6 cm³/mol. The molecule has 2 aromatic carbocycles. The van der Waals surface area contributed by atoms with Crippen LogP contribution in [0, 0.1) is 0 Å². The fraction of sp³-hybridized carbons (Fsp3) is 0. The van der Waals surface area contributed by atoms with Crippen molar-refractivity contribution >= 4 is 28.5 Å². The number of furan rings is 1. The van der Waals surface area contributed by atoms with Crippen molar-refractivity contribution in [3.05, 3.63) is 59.1 Å². The number of hydrogen-bond acceptors (Lipinski definition) is 2. The summed E-state index contributed by atoms with van der Waals surface area (Å²) in [6.07, 6.45) is 0. The highest BCUT2D eigenvalue weighted by Gasteiger charge is 2.10. The Bertz CT molecular complexity index is 774. The fourth-order valence-corrected chi connectivity index (χ4v) is 2.20. The average molecular weight is 273 g/mol. The third-order valence-corrected chi connectivity index (χ3v) is 3.19. The minimum atomic E-state index is -0.962. The first-order valence-electron chi connectivity index (χ1n) is 5.67. The van der Waals surface area contributed by atoms with Crippen molar-refractivity contribution in [1.29, 1.82) is 0 Å². The molecule has 0 bridgehead atoms. The third kappa shape index (κ3) is 2.09. The molecule has 0 amide bonds. The molecule has 1 aromatic heterocycles. The maximum atomic E-state index is 11.0. The van der Waals surface area contributed by atoms with Gasteiger partial charge < -0.3 is 9.52 Å². The number of hydrogen-bond donors (Lipinski definition) is 1. The number of fused-ring (bicyclic) bond motifs is 1. The minimum Gasteiger partial charge on any atom is -0.478 e. The number of aromatic carboxylic acids is 1. The molecule has 0 aliphatic carbocycles. The molecule has 1 N–H and O–H groups in total. The second kappa shape index (κ2) is 4.44. The Kier molecular flexibility index (Phi) is 2.76. The number of halogens is 1. The Hall–Kier alpha value is -2.26. The maximum absolute atomic E-state index is 11.0. The summed E-state index contributed by atoms with van der Waals surface area (Å²) in [5.74, 6) is -0.359. The lowest BCUT2D eigenvalue weighted by atomic mass is 10.1. The van der Waals surface area contributed by atoms with E-state index in [4.69, 9.17) is 21.1 Å². The van der Waals surface area contributed by atoms with Crippen LogP contribution in [-0.4, -0.2) is 11.1 Å². The van der Waals surface area contributed by atoms with Gasteiger partial charge in [0, 0.05) is 10.9 Å². The van der Waals surface area contributed by atoms with Gasteiger partial charge >= 0.3 is 5.97 Å². The SMILES string of the molecule is O=C(O)c1cccc(-c2cc3cccc(Cl)c3o2)c1. The number of rotatable bonds is 2. The van der Waals surface area contributed by atoms with Crippen molar-refractivity contribution in [2.45, 2.75) is 0 Å². The summed E-state index contributed by atoms with van der Waals surface area (Å²) in [5.41, 5.74) is 1.55. The lowest BCUT2D eigenvalue weighted by Crippen LogP contribution is -1.95. The van der Waals surface area contributed by atoms with E-state index in [-0.39, 0.29) is 5.56 Å². The van der Waals surface area contributed by atoms with E-state index in [0.717, 1.165) is 5.39 Å². The summed E-state index contributed by atoms with van der Waals surface area (Å²) >= 11 is 6.05. The van der Waals surface area contributed by atoms with Gasteiger partial charge in [0.05, 0.1) is 10.6 Å². The van der Waals surface area contributed by atoms with E-state index in [1.165, 1.54) is 0 Å². The van der Waals surface area contributed by atoms with Crippen LogP contribution in [0.15, 0.2) is 52.9 Å². The Labute approximate surface area is 114 Å². The van der Waals surface area contributed by atoms with E-state index in [9.17, 15) is 4.79 Å². The molecule has 0 aliphatic rings. The van der Waals surface area contributed by atoms with Crippen molar-refractivity contribution in [2.24, 2.45) is 0 Å². The molecule has 0 saturated carbocycles. The standard InChI is InChI=1S/C15H9ClO3/c16-12-6-2-4-10-8-13(19-14(10)12)9-3-1-5-11(7-9)15(17)18/h1-8H,(H,17,18). The molecule has 0 atom stereocenters. The van der Waals surface area contributed by atoms with Gasteiger partial charge in [0.2, 0.25) is 0 Å². The number of carboxylic acid groups (broad SMARTS) is 1. The molecule has 0 radical (unpaired) electrons. The third-order valence-electron chi connectivity index (χ3n) is 2.89.